The quantitative estimate of drug-likeness (QED) is 0.400. The molecule has 0 saturated carbocycles. The Bertz CT molecular complexity index is 550. The topological polar surface area (TPSA) is 61.4 Å². The molecule has 0 aromatic carbocycles. The number of likely N-dealkylation sites (tertiary alicyclic amines) is 1. The predicted molar refractivity (Wildman–Crippen MR) is 105 cm³/mol. The van der Waals surface area contributed by atoms with Crippen molar-refractivity contribution < 1.29 is 4.79 Å². The molecule has 2 heterocycles. The van der Waals surface area contributed by atoms with Crippen molar-refractivity contribution in [2.45, 2.75) is 38.3 Å². The van der Waals surface area contributed by atoms with Crippen LogP contribution in [0, 0.1) is 0 Å². The van der Waals surface area contributed by atoms with E-state index in [1.54, 1.807) is 6.07 Å². The minimum Gasteiger partial charge on any atom is -0.357 e. The third-order valence-electron chi connectivity index (χ3n) is 4.28. The van der Waals surface area contributed by atoms with Gasteiger partial charge in [0.2, 0.25) is 5.91 Å². The Morgan fingerprint density at radius 2 is 2.00 bits per heavy atom. The van der Waals surface area contributed by atoms with Crippen molar-refractivity contribution in [3.05, 3.63) is 11.2 Å². The van der Waals surface area contributed by atoms with E-state index in [0.717, 1.165) is 38.5 Å². The summed E-state index contributed by atoms with van der Waals surface area (Å²) in [6.07, 6.45) is 3.87. The van der Waals surface area contributed by atoms with E-state index in [1.807, 2.05) is 0 Å². The summed E-state index contributed by atoms with van der Waals surface area (Å²) in [5, 5.41) is 3.92. The fourth-order valence-electron chi connectivity index (χ4n) is 2.88. The number of carbonyl (C=O) groups is 1. The maximum atomic E-state index is 12.0. The molecule has 1 aliphatic heterocycles. The largest absolute Gasteiger partial charge is 0.357 e. The molecule has 1 aromatic rings. The number of halogens is 1. The first-order chi connectivity index (χ1) is 12.1. The van der Waals surface area contributed by atoms with Gasteiger partial charge < -0.3 is 15.1 Å². The molecule has 0 radical (unpaired) electrons. The normalized spacial score (nSPS) is 15.2. The third-order valence-corrected chi connectivity index (χ3v) is 5.32. The minimum atomic E-state index is 0.00924. The molecule has 1 N–H and O–H groups in total. The van der Waals surface area contributed by atoms with Crippen molar-refractivity contribution in [1.29, 1.82) is 0 Å². The molecule has 140 valence electrons. The predicted octanol–water partition coefficient (Wildman–Crippen LogP) is 2.67. The average molecular weight is 386 g/mol. The molecule has 1 aromatic heterocycles. The van der Waals surface area contributed by atoms with E-state index in [0.29, 0.717) is 22.6 Å². The Labute approximate surface area is 159 Å². The van der Waals surface area contributed by atoms with Gasteiger partial charge in [-0.05, 0) is 39.8 Å². The van der Waals surface area contributed by atoms with Crippen molar-refractivity contribution in [1.82, 2.24) is 20.2 Å². The smallest absolute Gasteiger partial charge is 0.230 e. The Balaban J connectivity index is 1.76. The first-order valence-corrected chi connectivity index (χ1v) is 10.4. The molecule has 1 saturated heterocycles. The van der Waals surface area contributed by atoms with Gasteiger partial charge in [0.25, 0.3) is 0 Å². The molecule has 0 unspecified atom stereocenters. The summed E-state index contributed by atoms with van der Waals surface area (Å²) in [5.74, 6) is 1.12. The number of thioether (sulfide) groups is 1. The summed E-state index contributed by atoms with van der Waals surface area (Å²) in [4.78, 5) is 25.3. The summed E-state index contributed by atoms with van der Waals surface area (Å²) < 4.78 is 0. The summed E-state index contributed by atoms with van der Waals surface area (Å²) >= 11 is 7.42. The van der Waals surface area contributed by atoms with Crippen LogP contribution in [0.3, 0.4) is 0 Å². The first-order valence-electron chi connectivity index (χ1n) is 9.03. The maximum absolute atomic E-state index is 12.0. The maximum Gasteiger partial charge on any atom is 0.230 e. The number of aromatic nitrogens is 2. The first kappa shape index (κ1) is 20.3. The number of carbonyl (C=O) groups excluding carboxylic acids is 1. The van der Waals surface area contributed by atoms with Gasteiger partial charge in [0.05, 0.1) is 5.75 Å². The average Bonchev–Trinajstić information content (AvgIpc) is 2.62. The number of rotatable bonds is 9. The van der Waals surface area contributed by atoms with Gasteiger partial charge in [-0.15, -0.1) is 0 Å². The van der Waals surface area contributed by atoms with Crippen LogP contribution in [-0.2, 0) is 4.79 Å². The molecule has 0 bridgehead atoms. The van der Waals surface area contributed by atoms with Crippen molar-refractivity contribution in [3.63, 3.8) is 0 Å². The summed E-state index contributed by atoms with van der Waals surface area (Å²) in [5.41, 5.74) is 0. The van der Waals surface area contributed by atoms with Gasteiger partial charge in [-0.3, -0.25) is 4.79 Å². The van der Waals surface area contributed by atoms with E-state index in [4.69, 9.17) is 11.6 Å². The lowest BCUT2D eigenvalue weighted by atomic mass is 10.1. The van der Waals surface area contributed by atoms with E-state index in [1.165, 1.54) is 31.0 Å². The van der Waals surface area contributed by atoms with Crippen LogP contribution in [0.25, 0.3) is 0 Å². The molecule has 6 nitrogen and oxygen atoms in total. The second-order valence-electron chi connectivity index (χ2n) is 6.04. The molecule has 0 aliphatic carbocycles. The van der Waals surface area contributed by atoms with Crippen molar-refractivity contribution >= 4 is 35.1 Å². The number of nitrogens with zero attached hydrogens (tertiary/aromatic N) is 4. The number of nitrogens with one attached hydrogen (secondary N) is 1. The van der Waals surface area contributed by atoms with Gasteiger partial charge in [-0.25, -0.2) is 9.97 Å². The highest BCUT2D eigenvalue weighted by Crippen LogP contribution is 2.21. The van der Waals surface area contributed by atoms with Gasteiger partial charge in [0, 0.05) is 32.2 Å². The summed E-state index contributed by atoms with van der Waals surface area (Å²) in [7, 11) is 0. The number of anilines is 1. The zero-order chi connectivity index (χ0) is 18.1. The van der Waals surface area contributed by atoms with Crippen molar-refractivity contribution in [2.75, 3.05) is 49.9 Å². The molecule has 8 heteroatoms. The van der Waals surface area contributed by atoms with Gasteiger partial charge in [-0.1, -0.05) is 29.8 Å². The Kier molecular flexibility index (Phi) is 8.78. The standard InChI is InChI=1S/C17H28ClN5OS/c1-3-23(4-2)15-12-14(18)20-17(21-15)25-13-16(24)19-8-11-22-9-6-5-7-10-22/h12H,3-11,13H2,1-2H3,(H,19,24). The van der Waals surface area contributed by atoms with E-state index < -0.39 is 0 Å². The third kappa shape index (κ3) is 6.99. The summed E-state index contributed by atoms with van der Waals surface area (Å²) in [6, 6.07) is 1.76. The molecule has 0 atom stereocenters. The summed E-state index contributed by atoms with van der Waals surface area (Å²) in [6.45, 7) is 9.76. The lowest BCUT2D eigenvalue weighted by Crippen LogP contribution is -2.38. The number of hydrogen-bond donors (Lipinski definition) is 1. The SMILES string of the molecule is CCN(CC)c1cc(Cl)nc(SCC(=O)NCCN2CCCCC2)n1. The highest BCUT2D eigenvalue weighted by molar-refractivity contribution is 7.99. The van der Waals surface area contributed by atoms with E-state index >= 15 is 0 Å². The highest BCUT2D eigenvalue weighted by atomic mass is 35.5. The Morgan fingerprint density at radius 1 is 1.28 bits per heavy atom. The highest BCUT2D eigenvalue weighted by Gasteiger charge is 2.12. The van der Waals surface area contributed by atoms with Crippen molar-refractivity contribution in [3.8, 4) is 0 Å². The van der Waals surface area contributed by atoms with Gasteiger partial charge in [0.1, 0.15) is 11.0 Å². The van der Waals surface area contributed by atoms with E-state index in [-0.39, 0.29) is 5.91 Å². The van der Waals surface area contributed by atoms with Crippen LogP contribution in [-0.4, -0.2) is 65.8 Å². The van der Waals surface area contributed by atoms with Crippen molar-refractivity contribution in [2.24, 2.45) is 0 Å². The minimum absolute atomic E-state index is 0.00924. The molecule has 25 heavy (non-hydrogen) atoms. The van der Waals surface area contributed by atoms with Crippen LogP contribution in [0.15, 0.2) is 11.2 Å². The van der Waals surface area contributed by atoms with Gasteiger partial charge in [0.15, 0.2) is 5.16 Å². The molecular weight excluding hydrogens is 358 g/mol. The van der Waals surface area contributed by atoms with Gasteiger partial charge >= 0.3 is 0 Å². The van der Waals surface area contributed by atoms with Crippen LogP contribution < -0.4 is 10.2 Å². The van der Waals surface area contributed by atoms with Crippen LogP contribution in [0.4, 0.5) is 5.82 Å². The number of piperidine rings is 1. The lowest BCUT2D eigenvalue weighted by Gasteiger charge is -2.26. The zero-order valence-corrected chi connectivity index (χ0v) is 16.7. The van der Waals surface area contributed by atoms with Crippen LogP contribution in [0.2, 0.25) is 5.15 Å². The van der Waals surface area contributed by atoms with Crippen LogP contribution >= 0.6 is 23.4 Å². The van der Waals surface area contributed by atoms with E-state index in [2.05, 4.69) is 38.9 Å². The molecule has 1 aliphatic rings. The molecule has 0 spiro atoms. The van der Waals surface area contributed by atoms with E-state index in [9.17, 15) is 4.79 Å². The zero-order valence-electron chi connectivity index (χ0n) is 15.1. The van der Waals surface area contributed by atoms with Gasteiger partial charge in [-0.2, -0.15) is 0 Å². The molecule has 2 rings (SSSR count). The number of hydrogen-bond acceptors (Lipinski definition) is 6. The molecule has 1 fully saturated rings. The lowest BCUT2D eigenvalue weighted by molar-refractivity contribution is -0.118. The van der Waals surface area contributed by atoms with Crippen LogP contribution in [0.1, 0.15) is 33.1 Å². The van der Waals surface area contributed by atoms with Crippen LogP contribution in [0.5, 0.6) is 0 Å². The second-order valence-corrected chi connectivity index (χ2v) is 7.37. The fraction of sp³-hybridized carbons (Fsp3) is 0.706. The second kappa shape index (κ2) is 10.8. The monoisotopic (exact) mass is 385 g/mol. The Morgan fingerprint density at radius 3 is 2.68 bits per heavy atom. The number of amides is 1. The Hall–Kier alpha value is -1.05. The fourth-order valence-corrected chi connectivity index (χ4v) is 3.79. The molecular formula is C17H28ClN5OS. The molecule has 1 amide bonds.